The predicted octanol–water partition coefficient (Wildman–Crippen LogP) is 0.980. The van der Waals surface area contributed by atoms with Crippen molar-refractivity contribution < 1.29 is 8.42 Å². The minimum atomic E-state index is -3.38. The second-order valence-corrected chi connectivity index (χ2v) is 5.81. The third kappa shape index (κ3) is 2.76. The fourth-order valence-electron chi connectivity index (χ4n) is 1.94. The molecule has 0 amide bonds. The van der Waals surface area contributed by atoms with E-state index in [1.807, 2.05) is 0 Å². The van der Waals surface area contributed by atoms with Gasteiger partial charge in [-0.05, 0) is 25.0 Å². The quantitative estimate of drug-likeness (QED) is 0.871. The molecule has 1 fully saturated rings. The molecule has 1 aromatic heterocycles. The summed E-state index contributed by atoms with van der Waals surface area (Å²) in [7, 11) is -3.38. The van der Waals surface area contributed by atoms with Gasteiger partial charge in [-0.3, -0.25) is 0 Å². The van der Waals surface area contributed by atoms with Gasteiger partial charge in [-0.15, -0.1) is 0 Å². The van der Waals surface area contributed by atoms with Crippen LogP contribution in [-0.4, -0.2) is 33.0 Å². The van der Waals surface area contributed by atoms with Gasteiger partial charge in [0.15, 0.2) is 0 Å². The molecule has 1 aliphatic heterocycles. The Morgan fingerprint density at radius 3 is 2.59 bits per heavy atom. The first kappa shape index (κ1) is 12.3. The summed E-state index contributed by atoms with van der Waals surface area (Å²) in [5.74, 6) is 0.859. The molecule has 0 saturated carbocycles. The van der Waals surface area contributed by atoms with Gasteiger partial charge in [-0.1, -0.05) is 6.92 Å². The van der Waals surface area contributed by atoms with Crippen molar-refractivity contribution in [2.45, 2.75) is 24.7 Å². The van der Waals surface area contributed by atoms with Crippen molar-refractivity contribution in [3.63, 3.8) is 0 Å². The third-order valence-corrected chi connectivity index (χ3v) is 4.33. The van der Waals surface area contributed by atoms with E-state index in [1.54, 1.807) is 19.1 Å². The van der Waals surface area contributed by atoms with Crippen LogP contribution >= 0.6 is 0 Å². The zero-order chi connectivity index (χ0) is 12.3. The number of rotatable bonds is 4. The molecule has 17 heavy (non-hydrogen) atoms. The summed E-state index contributed by atoms with van der Waals surface area (Å²) in [5.41, 5.74) is 0. The molecule has 6 heteroatoms. The maximum Gasteiger partial charge on any atom is 0.242 e. The van der Waals surface area contributed by atoms with Crippen LogP contribution in [0.4, 0.5) is 5.82 Å². The van der Waals surface area contributed by atoms with E-state index in [4.69, 9.17) is 0 Å². The lowest BCUT2D eigenvalue weighted by molar-refractivity contribution is 0.583. The highest BCUT2D eigenvalue weighted by Gasteiger charge is 2.16. The van der Waals surface area contributed by atoms with Crippen molar-refractivity contribution in [1.29, 1.82) is 0 Å². The number of anilines is 1. The summed E-state index contributed by atoms with van der Waals surface area (Å²) in [5, 5.41) is 0. The summed E-state index contributed by atoms with van der Waals surface area (Å²) >= 11 is 0. The smallest absolute Gasteiger partial charge is 0.242 e. The van der Waals surface area contributed by atoms with Crippen LogP contribution in [0.25, 0.3) is 0 Å². The van der Waals surface area contributed by atoms with Crippen molar-refractivity contribution in [3.8, 4) is 0 Å². The van der Waals surface area contributed by atoms with Crippen LogP contribution in [0.3, 0.4) is 0 Å². The predicted molar refractivity (Wildman–Crippen MR) is 66.5 cm³/mol. The lowest BCUT2D eigenvalue weighted by Gasteiger charge is -2.16. The maximum atomic E-state index is 11.7. The van der Waals surface area contributed by atoms with Gasteiger partial charge in [0.05, 0.1) is 0 Å². The molecule has 0 radical (unpaired) electrons. The monoisotopic (exact) mass is 255 g/mol. The van der Waals surface area contributed by atoms with Crippen molar-refractivity contribution in [2.24, 2.45) is 0 Å². The van der Waals surface area contributed by atoms with Crippen molar-refractivity contribution >= 4 is 15.8 Å². The van der Waals surface area contributed by atoms with Crippen LogP contribution in [-0.2, 0) is 10.0 Å². The highest BCUT2D eigenvalue weighted by Crippen LogP contribution is 2.18. The number of aromatic nitrogens is 1. The van der Waals surface area contributed by atoms with E-state index in [9.17, 15) is 8.42 Å². The van der Waals surface area contributed by atoms with E-state index in [1.165, 1.54) is 19.0 Å². The highest BCUT2D eigenvalue weighted by atomic mass is 32.2. The normalized spacial score (nSPS) is 16.4. The summed E-state index contributed by atoms with van der Waals surface area (Å²) in [4.78, 5) is 6.61. The van der Waals surface area contributed by atoms with Crippen LogP contribution in [0.1, 0.15) is 19.8 Å². The molecule has 0 bridgehead atoms. The Morgan fingerprint density at radius 1 is 1.35 bits per heavy atom. The second-order valence-electron chi connectivity index (χ2n) is 4.05. The van der Waals surface area contributed by atoms with E-state index >= 15 is 0 Å². The largest absolute Gasteiger partial charge is 0.357 e. The van der Waals surface area contributed by atoms with Crippen LogP contribution in [0.2, 0.25) is 0 Å². The van der Waals surface area contributed by atoms with Gasteiger partial charge in [0.1, 0.15) is 10.7 Å². The van der Waals surface area contributed by atoms with E-state index in [2.05, 4.69) is 14.6 Å². The fraction of sp³-hybridized carbons (Fsp3) is 0.545. The first-order valence-corrected chi connectivity index (χ1v) is 7.32. The van der Waals surface area contributed by atoms with Gasteiger partial charge in [-0.2, -0.15) is 0 Å². The van der Waals surface area contributed by atoms with Gasteiger partial charge >= 0.3 is 0 Å². The molecule has 1 aliphatic rings. The van der Waals surface area contributed by atoms with Crippen molar-refractivity contribution in [1.82, 2.24) is 9.71 Å². The summed E-state index contributed by atoms with van der Waals surface area (Å²) in [6.45, 7) is 4.15. The first-order valence-electron chi connectivity index (χ1n) is 5.84. The molecule has 1 saturated heterocycles. The molecule has 94 valence electrons. The van der Waals surface area contributed by atoms with E-state index in [-0.39, 0.29) is 4.90 Å². The molecule has 5 nitrogen and oxygen atoms in total. The van der Waals surface area contributed by atoms with Crippen molar-refractivity contribution in [3.05, 3.63) is 18.3 Å². The van der Waals surface area contributed by atoms with Crippen LogP contribution in [0, 0.1) is 0 Å². The van der Waals surface area contributed by atoms with Gasteiger partial charge in [0.2, 0.25) is 10.0 Å². The number of hydrogen-bond acceptors (Lipinski definition) is 4. The van der Waals surface area contributed by atoms with Crippen LogP contribution in [0.15, 0.2) is 23.2 Å². The van der Waals surface area contributed by atoms with Crippen LogP contribution < -0.4 is 9.62 Å². The number of sulfonamides is 1. The third-order valence-electron chi connectivity index (χ3n) is 2.80. The molecule has 0 atom stereocenters. The van der Waals surface area contributed by atoms with Crippen molar-refractivity contribution in [2.75, 3.05) is 24.5 Å². The average molecular weight is 255 g/mol. The molecule has 2 heterocycles. The SMILES string of the molecule is CCNS(=O)(=O)c1ccc(N2CCCC2)nc1. The zero-order valence-electron chi connectivity index (χ0n) is 9.89. The average Bonchev–Trinajstić information content (AvgIpc) is 2.82. The van der Waals surface area contributed by atoms with Crippen LogP contribution in [0.5, 0.6) is 0 Å². The Morgan fingerprint density at radius 2 is 2.06 bits per heavy atom. The molecule has 1 aromatic rings. The molecular weight excluding hydrogens is 238 g/mol. The molecule has 0 aromatic carbocycles. The number of hydrogen-bond donors (Lipinski definition) is 1. The summed E-state index contributed by atoms with van der Waals surface area (Å²) < 4.78 is 25.8. The number of nitrogens with one attached hydrogen (secondary N) is 1. The highest BCUT2D eigenvalue weighted by molar-refractivity contribution is 7.89. The van der Waals surface area contributed by atoms with Gasteiger partial charge in [0, 0.05) is 25.8 Å². The fourth-order valence-corrected chi connectivity index (χ4v) is 2.92. The Hall–Kier alpha value is -1.14. The molecule has 0 aliphatic carbocycles. The Bertz CT molecular complexity index is 464. The Kier molecular flexibility index (Phi) is 3.63. The van der Waals surface area contributed by atoms with E-state index < -0.39 is 10.0 Å². The molecule has 0 unspecified atom stereocenters. The van der Waals surface area contributed by atoms with Gasteiger partial charge in [-0.25, -0.2) is 18.1 Å². The lowest BCUT2D eigenvalue weighted by Crippen LogP contribution is -2.24. The minimum Gasteiger partial charge on any atom is -0.357 e. The molecule has 2 rings (SSSR count). The summed E-state index contributed by atoms with van der Waals surface area (Å²) in [6, 6.07) is 3.38. The van der Waals surface area contributed by atoms with Gasteiger partial charge < -0.3 is 4.90 Å². The Labute approximate surface area is 102 Å². The minimum absolute atomic E-state index is 0.224. The maximum absolute atomic E-state index is 11.7. The summed E-state index contributed by atoms with van der Waals surface area (Å²) in [6.07, 6.45) is 3.78. The number of pyridine rings is 1. The molecule has 0 spiro atoms. The first-order chi connectivity index (χ1) is 8.13. The number of nitrogens with zero attached hydrogens (tertiary/aromatic N) is 2. The lowest BCUT2D eigenvalue weighted by atomic mass is 10.4. The van der Waals surface area contributed by atoms with E-state index in [0.717, 1.165) is 18.9 Å². The Balaban J connectivity index is 2.18. The molecular formula is C11H17N3O2S. The molecule has 1 N–H and O–H groups in total. The van der Waals surface area contributed by atoms with E-state index in [0.29, 0.717) is 6.54 Å². The van der Waals surface area contributed by atoms with Gasteiger partial charge in [0.25, 0.3) is 0 Å². The second kappa shape index (κ2) is 5.01. The topological polar surface area (TPSA) is 62.3 Å². The zero-order valence-corrected chi connectivity index (χ0v) is 10.7. The standard InChI is InChI=1S/C11H17N3O2S/c1-2-13-17(15,16)10-5-6-11(12-9-10)14-7-3-4-8-14/h5-6,9,13H,2-4,7-8H2,1H3.